The molecule has 0 radical (unpaired) electrons. The molecule has 2 aromatic rings. The van der Waals surface area contributed by atoms with Gasteiger partial charge in [-0.1, -0.05) is 48.5 Å². The van der Waals surface area contributed by atoms with E-state index in [-0.39, 0.29) is 0 Å². The molecule has 3 heteroatoms. The Morgan fingerprint density at radius 2 is 1.73 bits per heavy atom. The number of hydrogen-bond donors (Lipinski definition) is 0. The van der Waals surface area contributed by atoms with E-state index in [9.17, 15) is 4.79 Å². The molecule has 0 heterocycles. The quantitative estimate of drug-likeness (QED) is 0.612. The molecular weight excluding hydrogens is 276 g/mol. The van der Waals surface area contributed by atoms with Crippen LogP contribution in [0.2, 0.25) is 0 Å². The Balaban J connectivity index is 2.44. The van der Waals surface area contributed by atoms with Gasteiger partial charge in [0.2, 0.25) is 0 Å². The number of ether oxygens (including phenoxy) is 2. The van der Waals surface area contributed by atoms with E-state index >= 15 is 0 Å². The van der Waals surface area contributed by atoms with Crippen molar-refractivity contribution in [3.8, 4) is 5.75 Å². The number of benzene rings is 2. The first-order chi connectivity index (χ1) is 10.5. The summed E-state index contributed by atoms with van der Waals surface area (Å²) >= 11 is 0. The first-order valence-corrected chi connectivity index (χ1v) is 7.08. The highest BCUT2D eigenvalue weighted by Gasteiger charge is 2.20. The van der Waals surface area contributed by atoms with E-state index in [0.717, 1.165) is 22.4 Å². The van der Waals surface area contributed by atoms with Crippen molar-refractivity contribution in [1.29, 1.82) is 0 Å². The molecule has 0 fully saturated rings. The maximum absolute atomic E-state index is 12.0. The molecule has 22 heavy (non-hydrogen) atoms. The molecule has 0 aliphatic heterocycles. The van der Waals surface area contributed by atoms with E-state index in [0.29, 0.717) is 5.57 Å². The SMILES string of the molecule is C=C(C)C(=O)OC(c1cccc(C)c1)c1cccc(OC)c1. The fourth-order valence-electron chi connectivity index (χ4n) is 2.17. The van der Waals surface area contributed by atoms with Crippen LogP contribution in [0.5, 0.6) is 5.75 Å². The number of carbonyl (C=O) groups is 1. The highest BCUT2D eigenvalue weighted by molar-refractivity contribution is 5.87. The van der Waals surface area contributed by atoms with E-state index in [1.54, 1.807) is 14.0 Å². The first kappa shape index (κ1) is 15.8. The molecule has 0 spiro atoms. The molecule has 1 atom stereocenters. The van der Waals surface area contributed by atoms with Crippen molar-refractivity contribution >= 4 is 5.97 Å². The maximum atomic E-state index is 12.0. The molecule has 0 saturated heterocycles. The summed E-state index contributed by atoms with van der Waals surface area (Å²) in [6.07, 6.45) is -0.487. The van der Waals surface area contributed by atoms with Crippen LogP contribution in [0, 0.1) is 6.92 Å². The van der Waals surface area contributed by atoms with Gasteiger partial charge in [-0.25, -0.2) is 4.79 Å². The average Bonchev–Trinajstić information content (AvgIpc) is 2.52. The molecule has 114 valence electrons. The summed E-state index contributed by atoms with van der Waals surface area (Å²) in [7, 11) is 1.61. The molecule has 0 saturated carbocycles. The predicted octanol–water partition coefficient (Wildman–Crippen LogP) is 4.21. The zero-order valence-electron chi connectivity index (χ0n) is 13.1. The summed E-state index contributed by atoms with van der Waals surface area (Å²) in [6.45, 7) is 7.29. The number of rotatable bonds is 5. The molecule has 1 unspecified atom stereocenters. The van der Waals surface area contributed by atoms with E-state index in [1.807, 2.05) is 55.5 Å². The van der Waals surface area contributed by atoms with Gasteiger partial charge in [0.1, 0.15) is 5.75 Å². The minimum absolute atomic E-state index is 0.376. The Morgan fingerprint density at radius 1 is 1.09 bits per heavy atom. The highest BCUT2D eigenvalue weighted by Crippen LogP contribution is 2.29. The second kappa shape index (κ2) is 6.94. The van der Waals surface area contributed by atoms with Gasteiger partial charge < -0.3 is 9.47 Å². The normalized spacial score (nSPS) is 11.6. The lowest BCUT2D eigenvalue weighted by Gasteiger charge is -2.20. The third-order valence-corrected chi connectivity index (χ3v) is 3.31. The minimum atomic E-state index is -0.487. The number of methoxy groups -OCH3 is 1. The van der Waals surface area contributed by atoms with Crippen LogP contribution in [-0.2, 0) is 9.53 Å². The van der Waals surface area contributed by atoms with Crippen molar-refractivity contribution in [3.63, 3.8) is 0 Å². The zero-order valence-corrected chi connectivity index (χ0v) is 13.1. The first-order valence-electron chi connectivity index (χ1n) is 7.08. The second-order valence-electron chi connectivity index (χ2n) is 5.26. The van der Waals surface area contributed by atoms with Crippen molar-refractivity contribution in [2.75, 3.05) is 7.11 Å². The van der Waals surface area contributed by atoms with E-state index in [2.05, 4.69) is 6.58 Å². The number of carbonyl (C=O) groups excluding carboxylic acids is 1. The molecule has 3 nitrogen and oxygen atoms in total. The van der Waals surface area contributed by atoms with Crippen LogP contribution < -0.4 is 4.74 Å². The van der Waals surface area contributed by atoms with Gasteiger partial charge in [-0.05, 0) is 31.5 Å². The fourth-order valence-corrected chi connectivity index (χ4v) is 2.17. The van der Waals surface area contributed by atoms with Gasteiger partial charge in [0.25, 0.3) is 0 Å². The number of hydrogen-bond acceptors (Lipinski definition) is 3. The standard InChI is InChI=1S/C19H20O3/c1-13(2)19(20)22-18(15-8-5-7-14(3)11-15)16-9-6-10-17(12-16)21-4/h5-12,18H,1H2,2-4H3. The van der Waals surface area contributed by atoms with E-state index in [4.69, 9.17) is 9.47 Å². The second-order valence-corrected chi connectivity index (χ2v) is 5.26. The minimum Gasteiger partial charge on any atom is -0.497 e. The maximum Gasteiger partial charge on any atom is 0.334 e. The molecule has 2 rings (SSSR count). The van der Waals surface area contributed by atoms with Gasteiger partial charge in [-0.2, -0.15) is 0 Å². The number of aryl methyl sites for hydroxylation is 1. The van der Waals surface area contributed by atoms with Crippen molar-refractivity contribution < 1.29 is 14.3 Å². The van der Waals surface area contributed by atoms with Crippen LogP contribution in [-0.4, -0.2) is 13.1 Å². The van der Waals surface area contributed by atoms with E-state index < -0.39 is 12.1 Å². The molecule has 0 aromatic heterocycles. The lowest BCUT2D eigenvalue weighted by molar-refractivity contribution is -0.142. The van der Waals surface area contributed by atoms with Crippen molar-refractivity contribution in [1.82, 2.24) is 0 Å². The lowest BCUT2D eigenvalue weighted by Crippen LogP contribution is -2.13. The third-order valence-electron chi connectivity index (χ3n) is 3.31. The Morgan fingerprint density at radius 3 is 2.32 bits per heavy atom. The highest BCUT2D eigenvalue weighted by atomic mass is 16.5. The van der Waals surface area contributed by atoms with Gasteiger partial charge >= 0.3 is 5.97 Å². The molecule has 0 aliphatic rings. The Bertz CT molecular complexity index is 689. The molecule has 0 aliphatic carbocycles. The average molecular weight is 296 g/mol. The van der Waals surface area contributed by atoms with Crippen LogP contribution in [0.25, 0.3) is 0 Å². The predicted molar refractivity (Wildman–Crippen MR) is 86.9 cm³/mol. The van der Waals surface area contributed by atoms with Crippen LogP contribution >= 0.6 is 0 Å². The summed E-state index contributed by atoms with van der Waals surface area (Å²) in [6, 6.07) is 15.4. The van der Waals surface area contributed by atoms with Gasteiger partial charge in [0.15, 0.2) is 6.10 Å². The number of esters is 1. The molecule has 0 N–H and O–H groups in total. The summed E-state index contributed by atoms with van der Waals surface area (Å²) in [5.74, 6) is 0.316. The van der Waals surface area contributed by atoms with Crippen molar-refractivity contribution in [3.05, 3.63) is 77.4 Å². The Kier molecular flexibility index (Phi) is 4.99. The molecule has 0 bridgehead atoms. The van der Waals surface area contributed by atoms with Crippen molar-refractivity contribution in [2.24, 2.45) is 0 Å². The zero-order chi connectivity index (χ0) is 16.1. The van der Waals surface area contributed by atoms with Crippen molar-refractivity contribution in [2.45, 2.75) is 20.0 Å². The van der Waals surface area contributed by atoms with Crippen LogP contribution in [0.1, 0.15) is 29.7 Å². The summed E-state index contributed by atoms with van der Waals surface area (Å²) < 4.78 is 10.9. The third kappa shape index (κ3) is 3.76. The van der Waals surface area contributed by atoms with Crippen LogP contribution in [0.15, 0.2) is 60.7 Å². The monoisotopic (exact) mass is 296 g/mol. The van der Waals surface area contributed by atoms with Gasteiger partial charge in [0.05, 0.1) is 7.11 Å². The lowest BCUT2D eigenvalue weighted by atomic mass is 9.99. The Labute approximate surface area is 131 Å². The van der Waals surface area contributed by atoms with Crippen LogP contribution in [0.4, 0.5) is 0 Å². The van der Waals surface area contributed by atoms with Gasteiger partial charge in [-0.15, -0.1) is 0 Å². The van der Waals surface area contributed by atoms with E-state index in [1.165, 1.54) is 0 Å². The van der Waals surface area contributed by atoms with Gasteiger partial charge in [0, 0.05) is 11.1 Å². The summed E-state index contributed by atoms with van der Waals surface area (Å²) in [4.78, 5) is 12.0. The van der Waals surface area contributed by atoms with Gasteiger partial charge in [-0.3, -0.25) is 0 Å². The summed E-state index contributed by atoms with van der Waals surface area (Å²) in [5.41, 5.74) is 3.26. The fraction of sp³-hybridized carbons (Fsp3) is 0.211. The largest absolute Gasteiger partial charge is 0.497 e. The summed E-state index contributed by atoms with van der Waals surface area (Å²) in [5, 5.41) is 0. The smallest absolute Gasteiger partial charge is 0.334 e. The Hall–Kier alpha value is -2.55. The topological polar surface area (TPSA) is 35.5 Å². The van der Waals surface area contributed by atoms with Crippen LogP contribution in [0.3, 0.4) is 0 Å². The molecule has 2 aromatic carbocycles. The molecular formula is C19H20O3. The molecule has 0 amide bonds.